The molecule has 0 radical (unpaired) electrons. The molecular weight excluding hydrogens is 462 g/mol. The van der Waals surface area contributed by atoms with Crippen LogP contribution in [-0.2, 0) is 16.3 Å². The number of aromatic nitrogens is 2. The Hall–Kier alpha value is -3.56. The first-order valence-corrected chi connectivity index (χ1v) is 13.2. The minimum Gasteiger partial charge on any atom is -0.411 e. The van der Waals surface area contributed by atoms with Crippen LogP contribution in [0.4, 0.5) is 11.6 Å². The lowest BCUT2D eigenvalue weighted by atomic mass is 10.1. The van der Waals surface area contributed by atoms with Gasteiger partial charge in [0.1, 0.15) is 0 Å². The van der Waals surface area contributed by atoms with Crippen molar-refractivity contribution >= 4 is 39.3 Å². The van der Waals surface area contributed by atoms with Gasteiger partial charge in [-0.1, -0.05) is 35.5 Å². The van der Waals surface area contributed by atoms with Crippen LogP contribution < -0.4 is 10.6 Å². The van der Waals surface area contributed by atoms with Crippen molar-refractivity contribution in [2.24, 2.45) is 5.16 Å². The Labute approximate surface area is 204 Å². The third-order valence-corrected chi connectivity index (χ3v) is 8.77. The molecule has 180 valence electrons. The molecule has 2 aliphatic rings. The van der Waals surface area contributed by atoms with Gasteiger partial charge in [0.05, 0.1) is 15.9 Å². The lowest BCUT2D eigenvalue weighted by molar-refractivity contribution is 0.318. The fraction of sp³-hybridized carbons (Fsp3) is 0.269. The maximum absolute atomic E-state index is 12.8. The highest BCUT2D eigenvalue weighted by Gasteiger charge is 2.28. The molecule has 3 aromatic rings. The van der Waals surface area contributed by atoms with Crippen LogP contribution in [0.5, 0.6) is 0 Å². The van der Waals surface area contributed by atoms with Crippen LogP contribution in [0.2, 0.25) is 0 Å². The van der Waals surface area contributed by atoms with Crippen LogP contribution in [0, 0.1) is 0 Å². The van der Waals surface area contributed by atoms with Gasteiger partial charge < -0.3 is 15.8 Å². The molecule has 3 N–H and O–H groups in total. The molecule has 0 saturated carbocycles. The molecule has 35 heavy (non-hydrogen) atoms. The summed E-state index contributed by atoms with van der Waals surface area (Å²) < 4.78 is 25.7. The highest BCUT2D eigenvalue weighted by Crippen LogP contribution is 2.26. The van der Waals surface area contributed by atoms with E-state index >= 15 is 0 Å². The third-order valence-electron chi connectivity index (χ3n) is 6.50. The molecule has 2 aromatic carbocycles. The van der Waals surface area contributed by atoms with Crippen molar-refractivity contribution in [2.45, 2.75) is 35.8 Å². The summed E-state index contributed by atoms with van der Waals surface area (Å²) >= 11 is 0. The summed E-state index contributed by atoms with van der Waals surface area (Å²) in [6.45, 7) is 1.47. The van der Waals surface area contributed by atoms with Crippen LogP contribution in [0.15, 0.2) is 64.9 Å². The van der Waals surface area contributed by atoms with E-state index in [1.165, 1.54) is 5.56 Å². The number of hydrogen-bond donors (Lipinski definition) is 3. The topological polar surface area (TPSA) is 117 Å². The van der Waals surface area contributed by atoms with Crippen LogP contribution >= 0.6 is 0 Å². The van der Waals surface area contributed by atoms with Crippen LogP contribution in [0.25, 0.3) is 12.2 Å². The number of sulfone groups is 1. The van der Waals surface area contributed by atoms with E-state index in [0.717, 1.165) is 54.0 Å². The summed E-state index contributed by atoms with van der Waals surface area (Å²) in [7, 11) is -3.32. The smallest absolute Gasteiger partial charge is 0.227 e. The fourth-order valence-electron chi connectivity index (χ4n) is 4.53. The number of nitrogens with zero attached hydrogens (tertiary/aromatic N) is 3. The molecule has 9 heteroatoms. The van der Waals surface area contributed by atoms with Crippen molar-refractivity contribution in [2.75, 3.05) is 18.4 Å². The zero-order valence-electron chi connectivity index (χ0n) is 19.2. The van der Waals surface area contributed by atoms with E-state index in [0.29, 0.717) is 23.7 Å². The average Bonchev–Trinajstić information content (AvgIpc) is 3.31. The molecule has 8 nitrogen and oxygen atoms in total. The molecule has 0 amide bonds. The summed E-state index contributed by atoms with van der Waals surface area (Å²) in [5.41, 5.74) is 5.58. The minimum atomic E-state index is -3.32. The second-order valence-corrected chi connectivity index (χ2v) is 11.0. The summed E-state index contributed by atoms with van der Waals surface area (Å²) in [6.07, 6.45) is 10.3. The molecular formula is C26H27N5O3S. The molecule has 1 aliphatic carbocycles. The Bertz CT molecular complexity index is 1360. The van der Waals surface area contributed by atoms with Gasteiger partial charge in [0.2, 0.25) is 5.95 Å². The molecule has 0 bridgehead atoms. The molecule has 1 aliphatic heterocycles. The molecule has 1 fully saturated rings. The molecule has 0 unspecified atom stereocenters. The van der Waals surface area contributed by atoms with Gasteiger partial charge in [-0.3, -0.25) is 0 Å². The summed E-state index contributed by atoms with van der Waals surface area (Å²) in [4.78, 5) is 9.08. The van der Waals surface area contributed by atoms with E-state index in [1.807, 2.05) is 24.3 Å². The predicted octanol–water partition coefficient (Wildman–Crippen LogP) is 4.04. The fourth-order valence-corrected chi connectivity index (χ4v) is 6.29. The first-order chi connectivity index (χ1) is 17.0. The van der Waals surface area contributed by atoms with Crippen molar-refractivity contribution in [1.29, 1.82) is 0 Å². The molecule has 0 spiro atoms. The van der Waals surface area contributed by atoms with Crippen molar-refractivity contribution in [1.82, 2.24) is 15.3 Å². The van der Waals surface area contributed by atoms with E-state index in [2.05, 4.69) is 31.8 Å². The zero-order chi connectivity index (χ0) is 24.3. The highest BCUT2D eigenvalue weighted by molar-refractivity contribution is 7.92. The van der Waals surface area contributed by atoms with Gasteiger partial charge in [0.25, 0.3) is 0 Å². The zero-order valence-corrected chi connectivity index (χ0v) is 20.0. The number of aryl methyl sites for hydroxylation is 1. The van der Waals surface area contributed by atoms with Gasteiger partial charge in [0, 0.05) is 29.2 Å². The number of fused-ring (bicyclic) bond motifs is 1. The third kappa shape index (κ3) is 5.11. The van der Waals surface area contributed by atoms with Gasteiger partial charge in [-0.05, 0) is 74.2 Å². The number of piperidine rings is 1. The predicted molar refractivity (Wildman–Crippen MR) is 137 cm³/mol. The molecule has 1 saturated heterocycles. The number of nitrogens with one attached hydrogen (secondary N) is 2. The molecule has 5 rings (SSSR count). The summed E-state index contributed by atoms with van der Waals surface area (Å²) in [6, 6.07) is 12.9. The van der Waals surface area contributed by atoms with E-state index in [9.17, 15) is 8.42 Å². The monoisotopic (exact) mass is 489 g/mol. The van der Waals surface area contributed by atoms with Gasteiger partial charge in [-0.2, -0.15) is 0 Å². The Balaban J connectivity index is 1.22. The van der Waals surface area contributed by atoms with Gasteiger partial charge >= 0.3 is 0 Å². The van der Waals surface area contributed by atoms with Crippen LogP contribution in [0.1, 0.15) is 41.5 Å². The largest absolute Gasteiger partial charge is 0.411 e. The SMILES string of the molecule is O=S(=O)(c1ccc(Nc2ncc(/C=C/c3ccc4c(c3)CC/C4=N/O)cn2)cc1)C1CCNCC1. The van der Waals surface area contributed by atoms with Gasteiger partial charge in [0.15, 0.2) is 9.84 Å². The number of anilines is 2. The van der Waals surface area contributed by atoms with Crippen molar-refractivity contribution < 1.29 is 13.6 Å². The average molecular weight is 490 g/mol. The summed E-state index contributed by atoms with van der Waals surface area (Å²) in [5.74, 6) is 0.435. The minimum absolute atomic E-state index is 0.324. The van der Waals surface area contributed by atoms with E-state index in [4.69, 9.17) is 5.21 Å². The van der Waals surface area contributed by atoms with E-state index in [-0.39, 0.29) is 5.25 Å². The second kappa shape index (κ2) is 9.97. The number of benzene rings is 2. The Morgan fingerprint density at radius 1 is 0.971 bits per heavy atom. The quantitative estimate of drug-likeness (QED) is 0.353. The first kappa shape index (κ1) is 23.2. The Morgan fingerprint density at radius 2 is 1.69 bits per heavy atom. The number of oxime groups is 1. The second-order valence-electron chi connectivity index (χ2n) is 8.78. The van der Waals surface area contributed by atoms with Crippen molar-refractivity contribution in [3.05, 3.63) is 77.1 Å². The number of rotatable bonds is 6. The van der Waals surface area contributed by atoms with E-state index in [1.54, 1.807) is 36.7 Å². The maximum atomic E-state index is 12.8. The first-order valence-electron chi connectivity index (χ1n) is 11.7. The number of hydrogen-bond acceptors (Lipinski definition) is 8. The lowest BCUT2D eigenvalue weighted by Gasteiger charge is -2.22. The normalized spacial score (nSPS) is 17.7. The highest BCUT2D eigenvalue weighted by atomic mass is 32.2. The van der Waals surface area contributed by atoms with Crippen LogP contribution in [-0.4, -0.2) is 47.6 Å². The maximum Gasteiger partial charge on any atom is 0.227 e. The van der Waals surface area contributed by atoms with Crippen molar-refractivity contribution in [3.63, 3.8) is 0 Å². The van der Waals surface area contributed by atoms with Gasteiger partial charge in [-0.15, -0.1) is 0 Å². The van der Waals surface area contributed by atoms with E-state index < -0.39 is 9.84 Å². The van der Waals surface area contributed by atoms with Crippen molar-refractivity contribution in [3.8, 4) is 0 Å². The van der Waals surface area contributed by atoms with Gasteiger partial charge in [-0.25, -0.2) is 18.4 Å². The molecule has 0 atom stereocenters. The standard InChI is InChI=1S/C26H27N5O3S/c32-31-25-10-4-20-15-18(3-9-24(20)25)1-2-19-16-28-26(29-17-19)30-21-5-7-22(8-6-21)35(33,34)23-11-13-27-14-12-23/h1-3,5-9,15-17,23,27,32H,4,10-14H2,(H,28,29,30)/b2-1+,31-25-. The summed E-state index contributed by atoms with van der Waals surface area (Å²) in [5, 5.41) is 18.4. The van der Waals surface area contributed by atoms with Crippen LogP contribution in [0.3, 0.4) is 0 Å². The Morgan fingerprint density at radius 3 is 2.40 bits per heavy atom. The Kier molecular flexibility index (Phi) is 6.61. The lowest BCUT2D eigenvalue weighted by Crippen LogP contribution is -2.35. The molecule has 2 heterocycles. The molecule has 1 aromatic heterocycles.